The predicted molar refractivity (Wildman–Crippen MR) is 73.8 cm³/mol. The van der Waals surface area contributed by atoms with E-state index in [2.05, 4.69) is 0 Å². The quantitative estimate of drug-likeness (QED) is 0.737. The Morgan fingerprint density at radius 2 is 1.61 bits per heavy atom. The van der Waals surface area contributed by atoms with Crippen molar-refractivity contribution in [3.05, 3.63) is 22.7 Å². The number of benzene rings is 1. The SMILES string of the molecule is COc1cc(Cl)c(CCCCCCO)cc1OC. The highest BCUT2D eigenvalue weighted by Crippen LogP contribution is 2.33. The van der Waals surface area contributed by atoms with Crippen LogP contribution < -0.4 is 9.47 Å². The number of hydrogen-bond acceptors (Lipinski definition) is 3. The van der Waals surface area contributed by atoms with E-state index >= 15 is 0 Å². The molecule has 0 fully saturated rings. The van der Waals surface area contributed by atoms with Crippen LogP contribution in [0.2, 0.25) is 5.02 Å². The Kier molecular flexibility index (Phi) is 6.91. The Hall–Kier alpha value is -0.930. The van der Waals surface area contributed by atoms with Crippen LogP contribution in [0.4, 0.5) is 0 Å². The van der Waals surface area contributed by atoms with E-state index in [0.29, 0.717) is 11.5 Å². The van der Waals surface area contributed by atoms with Crippen LogP contribution in [0.3, 0.4) is 0 Å². The molecule has 0 spiro atoms. The summed E-state index contributed by atoms with van der Waals surface area (Å²) in [5.41, 5.74) is 1.08. The van der Waals surface area contributed by atoms with Crippen molar-refractivity contribution in [2.75, 3.05) is 20.8 Å². The van der Waals surface area contributed by atoms with Gasteiger partial charge in [-0.15, -0.1) is 0 Å². The van der Waals surface area contributed by atoms with Gasteiger partial charge in [-0.1, -0.05) is 24.4 Å². The summed E-state index contributed by atoms with van der Waals surface area (Å²) in [6.45, 7) is 0.275. The zero-order valence-electron chi connectivity index (χ0n) is 11.0. The van der Waals surface area contributed by atoms with Crippen LogP contribution in [0.1, 0.15) is 31.2 Å². The summed E-state index contributed by atoms with van der Waals surface area (Å²) in [4.78, 5) is 0. The number of ether oxygens (including phenoxy) is 2. The number of aryl methyl sites for hydroxylation is 1. The maximum Gasteiger partial charge on any atom is 0.162 e. The fourth-order valence-corrected chi connectivity index (χ4v) is 2.12. The number of halogens is 1. The largest absolute Gasteiger partial charge is 0.493 e. The molecular weight excluding hydrogens is 252 g/mol. The van der Waals surface area contributed by atoms with Gasteiger partial charge in [0.15, 0.2) is 11.5 Å². The van der Waals surface area contributed by atoms with Crippen LogP contribution in [0.15, 0.2) is 12.1 Å². The van der Waals surface area contributed by atoms with E-state index in [9.17, 15) is 0 Å². The van der Waals surface area contributed by atoms with Crippen molar-refractivity contribution < 1.29 is 14.6 Å². The molecule has 0 heterocycles. The second-order valence-electron chi connectivity index (χ2n) is 4.19. The lowest BCUT2D eigenvalue weighted by Gasteiger charge is -2.11. The second kappa shape index (κ2) is 8.22. The van der Waals surface area contributed by atoms with Gasteiger partial charge in [0.05, 0.1) is 14.2 Å². The highest BCUT2D eigenvalue weighted by Gasteiger charge is 2.09. The Balaban J connectivity index is 2.59. The van der Waals surface area contributed by atoms with Gasteiger partial charge in [0.25, 0.3) is 0 Å². The van der Waals surface area contributed by atoms with Gasteiger partial charge < -0.3 is 14.6 Å². The van der Waals surface area contributed by atoms with E-state index in [1.54, 1.807) is 20.3 Å². The van der Waals surface area contributed by atoms with E-state index in [-0.39, 0.29) is 6.61 Å². The molecule has 0 amide bonds. The predicted octanol–water partition coefficient (Wildman–Crippen LogP) is 3.45. The van der Waals surface area contributed by atoms with Crippen LogP contribution in [0.5, 0.6) is 11.5 Å². The van der Waals surface area contributed by atoms with Crippen LogP contribution >= 0.6 is 11.6 Å². The fourth-order valence-electron chi connectivity index (χ4n) is 1.87. The Bertz CT molecular complexity index is 366. The molecule has 0 bridgehead atoms. The van der Waals surface area contributed by atoms with Crippen molar-refractivity contribution in [2.24, 2.45) is 0 Å². The monoisotopic (exact) mass is 272 g/mol. The lowest BCUT2D eigenvalue weighted by molar-refractivity contribution is 0.282. The molecule has 1 aromatic rings. The molecule has 102 valence electrons. The minimum Gasteiger partial charge on any atom is -0.493 e. The maximum absolute atomic E-state index is 8.70. The third kappa shape index (κ3) is 4.39. The normalized spacial score (nSPS) is 10.4. The van der Waals surface area contributed by atoms with Gasteiger partial charge in [0.2, 0.25) is 0 Å². The van der Waals surface area contributed by atoms with Gasteiger partial charge in [0.1, 0.15) is 0 Å². The number of methoxy groups -OCH3 is 2. The van der Waals surface area contributed by atoms with E-state index in [1.807, 2.05) is 6.07 Å². The van der Waals surface area contributed by atoms with Gasteiger partial charge >= 0.3 is 0 Å². The molecule has 0 aromatic heterocycles. The molecule has 0 unspecified atom stereocenters. The number of unbranched alkanes of at least 4 members (excludes halogenated alkanes) is 3. The highest BCUT2D eigenvalue weighted by atomic mass is 35.5. The lowest BCUT2D eigenvalue weighted by atomic mass is 10.1. The first-order valence-electron chi connectivity index (χ1n) is 6.24. The molecule has 18 heavy (non-hydrogen) atoms. The molecule has 1 aromatic carbocycles. The molecule has 0 aliphatic rings. The summed E-state index contributed by atoms with van der Waals surface area (Å²) in [5, 5.41) is 9.42. The molecule has 4 heteroatoms. The smallest absolute Gasteiger partial charge is 0.162 e. The first kappa shape index (κ1) is 15.1. The van der Waals surface area contributed by atoms with Gasteiger partial charge in [-0.2, -0.15) is 0 Å². The molecule has 0 aliphatic heterocycles. The van der Waals surface area contributed by atoms with E-state index in [0.717, 1.165) is 42.7 Å². The van der Waals surface area contributed by atoms with Gasteiger partial charge in [-0.25, -0.2) is 0 Å². The lowest BCUT2D eigenvalue weighted by Crippen LogP contribution is -1.95. The molecule has 0 saturated carbocycles. The average molecular weight is 273 g/mol. The summed E-state index contributed by atoms with van der Waals surface area (Å²) >= 11 is 6.20. The maximum atomic E-state index is 8.70. The molecule has 0 saturated heterocycles. The molecule has 1 N–H and O–H groups in total. The molecule has 0 radical (unpaired) electrons. The number of aliphatic hydroxyl groups excluding tert-OH is 1. The molecule has 1 rings (SSSR count). The summed E-state index contributed by atoms with van der Waals surface area (Å²) in [5.74, 6) is 1.37. The Labute approximate surface area is 114 Å². The first-order chi connectivity index (χ1) is 8.72. The standard InChI is InChI=1S/C14H21ClO3/c1-17-13-9-11(7-5-3-4-6-8-16)12(15)10-14(13)18-2/h9-10,16H,3-8H2,1-2H3. The average Bonchev–Trinajstić information content (AvgIpc) is 2.39. The highest BCUT2D eigenvalue weighted by molar-refractivity contribution is 6.31. The number of hydrogen-bond donors (Lipinski definition) is 1. The molecule has 0 atom stereocenters. The number of rotatable bonds is 8. The van der Waals surface area contributed by atoms with E-state index in [4.69, 9.17) is 26.2 Å². The van der Waals surface area contributed by atoms with Crippen molar-refractivity contribution >= 4 is 11.6 Å². The molecule has 0 aliphatic carbocycles. The third-order valence-electron chi connectivity index (χ3n) is 2.91. The minimum atomic E-state index is 0.275. The van der Waals surface area contributed by atoms with Crippen molar-refractivity contribution in [1.29, 1.82) is 0 Å². The van der Waals surface area contributed by atoms with Crippen LogP contribution in [0.25, 0.3) is 0 Å². The van der Waals surface area contributed by atoms with Gasteiger partial charge in [-0.05, 0) is 30.9 Å². The van der Waals surface area contributed by atoms with Crippen molar-refractivity contribution in [3.8, 4) is 11.5 Å². The second-order valence-corrected chi connectivity index (χ2v) is 4.59. The molecule has 3 nitrogen and oxygen atoms in total. The minimum absolute atomic E-state index is 0.275. The van der Waals surface area contributed by atoms with Crippen molar-refractivity contribution in [3.63, 3.8) is 0 Å². The van der Waals surface area contributed by atoms with Crippen molar-refractivity contribution in [1.82, 2.24) is 0 Å². The van der Waals surface area contributed by atoms with E-state index in [1.165, 1.54) is 0 Å². The number of aliphatic hydroxyl groups is 1. The fraction of sp³-hybridized carbons (Fsp3) is 0.571. The topological polar surface area (TPSA) is 38.7 Å². The van der Waals surface area contributed by atoms with Crippen LogP contribution in [-0.4, -0.2) is 25.9 Å². The van der Waals surface area contributed by atoms with Crippen LogP contribution in [0, 0.1) is 0 Å². The van der Waals surface area contributed by atoms with Crippen molar-refractivity contribution in [2.45, 2.75) is 32.1 Å². The third-order valence-corrected chi connectivity index (χ3v) is 3.26. The summed E-state index contributed by atoms with van der Waals surface area (Å²) in [6, 6.07) is 3.73. The summed E-state index contributed by atoms with van der Waals surface area (Å²) < 4.78 is 10.5. The zero-order chi connectivity index (χ0) is 13.4. The Morgan fingerprint density at radius 3 is 2.22 bits per heavy atom. The first-order valence-corrected chi connectivity index (χ1v) is 6.62. The van der Waals surface area contributed by atoms with Crippen LogP contribution in [-0.2, 0) is 6.42 Å². The van der Waals surface area contributed by atoms with Gasteiger partial charge in [0, 0.05) is 17.7 Å². The zero-order valence-corrected chi connectivity index (χ0v) is 11.8. The Morgan fingerprint density at radius 1 is 1.00 bits per heavy atom. The molecular formula is C14H21ClO3. The van der Waals surface area contributed by atoms with E-state index < -0.39 is 0 Å². The van der Waals surface area contributed by atoms with Gasteiger partial charge in [-0.3, -0.25) is 0 Å². The summed E-state index contributed by atoms with van der Waals surface area (Å²) in [7, 11) is 3.22. The summed E-state index contributed by atoms with van der Waals surface area (Å²) in [6.07, 6.45) is 5.02.